The van der Waals surface area contributed by atoms with Crippen molar-refractivity contribution >= 4 is 0 Å². The topological polar surface area (TPSA) is 29.9 Å². The average Bonchev–Trinajstić information content (AvgIpc) is 2.44. The molecule has 0 saturated carbocycles. The predicted molar refractivity (Wildman–Crippen MR) is 59.3 cm³/mol. The van der Waals surface area contributed by atoms with Crippen molar-refractivity contribution in [2.45, 2.75) is 34.2 Å². The van der Waals surface area contributed by atoms with Gasteiger partial charge in [0.05, 0.1) is 0 Å². The smallest absolute Gasteiger partial charge is 0.105 e. The van der Waals surface area contributed by atoms with Gasteiger partial charge in [0, 0.05) is 32.0 Å². The van der Waals surface area contributed by atoms with Crippen LogP contribution in [0.5, 0.6) is 0 Å². The largest absolute Gasteiger partial charge is 0.334 e. The fraction of sp³-hybridized carbons (Fsp3) is 0.727. The third-order valence-electron chi connectivity index (χ3n) is 2.11. The van der Waals surface area contributed by atoms with E-state index in [1.54, 1.807) is 0 Å². The molecule has 1 aromatic rings. The lowest BCUT2D eigenvalue weighted by molar-refractivity contribution is 0.375. The lowest BCUT2D eigenvalue weighted by Gasteiger charge is -2.18. The fourth-order valence-corrected chi connectivity index (χ4v) is 1.30. The second kappa shape index (κ2) is 4.60. The zero-order chi connectivity index (χ0) is 10.6. The first-order valence-corrected chi connectivity index (χ1v) is 5.17. The molecular weight excluding hydrogens is 174 g/mol. The van der Waals surface area contributed by atoms with Gasteiger partial charge in [0.15, 0.2) is 0 Å². The summed E-state index contributed by atoms with van der Waals surface area (Å²) in [6, 6.07) is 0. The van der Waals surface area contributed by atoms with Gasteiger partial charge in [-0.15, -0.1) is 0 Å². The van der Waals surface area contributed by atoms with Gasteiger partial charge in [0.25, 0.3) is 0 Å². The molecule has 0 radical (unpaired) electrons. The Hall–Kier alpha value is -0.830. The number of nitrogens with one attached hydrogen (secondary N) is 1. The molecule has 0 spiro atoms. The fourth-order valence-electron chi connectivity index (χ4n) is 1.30. The number of aryl methyl sites for hydroxylation is 1. The van der Waals surface area contributed by atoms with Crippen molar-refractivity contribution in [1.82, 2.24) is 14.9 Å². The van der Waals surface area contributed by atoms with Crippen molar-refractivity contribution in [1.29, 1.82) is 0 Å². The maximum absolute atomic E-state index is 4.18. The molecule has 0 aliphatic rings. The van der Waals surface area contributed by atoms with Crippen LogP contribution < -0.4 is 5.32 Å². The average molecular weight is 195 g/mol. The normalized spacial score (nSPS) is 12.0. The molecule has 0 unspecified atom stereocenters. The minimum atomic E-state index is 0.365. The van der Waals surface area contributed by atoms with Gasteiger partial charge in [-0.25, -0.2) is 4.98 Å². The molecule has 3 heteroatoms. The Morgan fingerprint density at radius 3 is 2.64 bits per heavy atom. The molecule has 80 valence electrons. The van der Waals surface area contributed by atoms with Crippen LogP contribution in [0.3, 0.4) is 0 Å². The SMILES string of the molecule is Cc1nccn1CCNCC(C)(C)C. The van der Waals surface area contributed by atoms with Gasteiger partial charge < -0.3 is 9.88 Å². The molecule has 0 atom stereocenters. The quantitative estimate of drug-likeness (QED) is 0.743. The summed E-state index contributed by atoms with van der Waals surface area (Å²) in [6.07, 6.45) is 3.87. The summed E-state index contributed by atoms with van der Waals surface area (Å²) in [7, 11) is 0. The Morgan fingerprint density at radius 2 is 2.14 bits per heavy atom. The first-order chi connectivity index (χ1) is 6.49. The van der Waals surface area contributed by atoms with E-state index in [-0.39, 0.29) is 0 Å². The summed E-state index contributed by atoms with van der Waals surface area (Å²) in [5.74, 6) is 1.09. The van der Waals surface area contributed by atoms with E-state index in [2.05, 4.69) is 35.6 Å². The molecule has 0 aromatic carbocycles. The van der Waals surface area contributed by atoms with E-state index >= 15 is 0 Å². The van der Waals surface area contributed by atoms with Gasteiger partial charge in [-0.3, -0.25) is 0 Å². The van der Waals surface area contributed by atoms with Crippen LogP contribution in [0.25, 0.3) is 0 Å². The van der Waals surface area contributed by atoms with Crippen LogP contribution in [-0.2, 0) is 6.54 Å². The third kappa shape index (κ3) is 3.92. The molecule has 0 aliphatic carbocycles. The van der Waals surface area contributed by atoms with E-state index in [1.807, 2.05) is 19.3 Å². The third-order valence-corrected chi connectivity index (χ3v) is 2.11. The van der Waals surface area contributed by atoms with Gasteiger partial charge in [-0.1, -0.05) is 20.8 Å². The Kier molecular flexibility index (Phi) is 3.69. The molecule has 1 N–H and O–H groups in total. The Balaban J connectivity index is 2.20. The van der Waals surface area contributed by atoms with Crippen LogP contribution in [0.2, 0.25) is 0 Å². The van der Waals surface area contributed by atoms with Crippen LogP contribution in [0, 0.1) is 12.3 Å². The maximum Gasteiger partial charge on any atom is 0.105 e. The van der Waals surface area contributed by atoms with E-state index in [1.165, 1.54) is 0 Å². The molecule has 1 aromatic heterocycles. The standard InChI is InChI=1S/C11H21N3/c1-10-13-6-8-14(10)7-5-12-9-11(2,3)4/h6,8,12H,5,7,9H2,1-4H3. The zero-order valence-electron chi connectivity index (χ0n) is 9.67. The number of hydrogen-bond acceptors (Lipinski definition) is 2. The van der Waals surface area contributed by atoms with Crippen molar-refractivity contribution in [3.63, 3.8) is 0 Å². The van der Waals surface area contributed by atoms with E-state index in [9.17, 15) is 0 Å². The summed E-state index contributed by atoms with van der Waals surface area (Å²) in [5, 5.41) is 3.44. The van der Waals surface area contributed by atoms with Gasteiger partial charge in [0.1, 0.15) is 5.82 Å². The maximum atomic E-state index is 4.18. The Labute approximate surface area is 86.5 Å². The zero-order valence-corrected chi connectivity index (χ0v) is 9.67. The molecule has 0 amide bonds. The highest BCUT2D eigenvalue weighted by atomic mass is 15.1. The van der Waals surface area contributed by atoms with Crippen molar-refractivity contribution < 1.29 is 0 Å². The van der Waals surface area contributed by atoms with E-state index in [0.717, 1.165) is 25.5 Å². The number of rotatable bonds is 4. The van der Waals surface area contributed by atoms with E-state index in [4.69, 9.17) is 0 Å². The summed E-state index contributed by atoms with van der Waals surface area (Å²) >= 11 is 0. The lowest BCUT2D eigenvalue weighted by atomic mass is 9.97. The first kappa shape index (κ1) is 11.2. The van der Waals surface area contributed by atoms with E-state index < -0.39 is 0 Å². The highest BCUT2D eigenvalue weighted by Crippen LogP contribution is 2.09. The second-order valence-electron chi connectivity index (χ2n) is 4.91. The van der Waals surface area contributed by atoms with E-state index in [0.29, 0.717) is 5.41 Å². The monoisotopic (exact) mass is 195 g/mol. The predicted octanol–water partition coefficient (Wildman–Crippen LogP) is 1.83. The summed E-state index contributed by atoms with van der Waals surface area (Å²) in [5.41, 5.74) is 0.365. The van der Waals surface area contributed by atoms with Gasteiger partial charge in [0.2, 0.25) is 0 Å². The Bertz CT molecular complexity index is 270. The number of imidazole rings is 1. The van der Waals surface area contributed by atoms with Crippen LogP contribution in [-0.4, -0.2) is 22.6 Å². The van der Waals surface area contributed by atoms with Crippen molar-refractivity contribution in [3.8, 4) is 0 Å². The highest BCUT2D eigenvalue weighted by Gasteiger charge is 2.08. The summed E-state index contributed by atoms with van der Waals surface area (Å²) in [4.78, 5) is 4.18. The number of nitrogens with zero attached hydrogens (tertiary/aromatic N) is 2. The van der Waals surface area contributed by atoms with Gasteiger partial charge in [-0.2, -0.15) is 0 Å². The molecule has 1 rings (SSSR count). The van der Waals surface area contributed by atoms with Crippen LogP contribution >= 0.6 is 0 Å². The molecule has 0 aliphatic heterocycles. The molecule has 14 heavy (non-hydrogen) atoms. The van der Waals surface area contributed by atoms with Crippen LogP contribution in [0.1, 0.15) is 26.6 Å². The molecule has 0 bridgehead atoms. The van der Waals surface area contributed by atoms with Crippen LogP contribution in [0.4, 0.5) is 0 Å². The first-order valence-electron chi connectivity index (χ1n) is 5.17. The Morgan fingerprint density at radius 1 is 1.43 bits per heavy atom. The lowest BCUT2D eigenvalue weighted by Crippen LogP contribution is -2.29. The van der Waals surface area contributed by atoms with Gasteiger partial charge >= 0.3 is 0 Å². The minimum Gasteiger partial charge on any atom is -0.334 e. The molecular formula is C11H21N3. The minimum absolute atomic E-state index is 0.365. The molecule has 0 saturated heterocycles. The summed E-state index contributed by atoms with van der Waals surface area (Å²) < 4.78 is 2.16. The van der Waals surface area contributed by atoms with Crippen molar-refractivity contribution in [2.75, 3.05) is 13.1 Å². The van der Waals surface area contributed by atoms with Gasteiger partial charge in [-0.05, 0) is 12.3 Å². The molecule has 3 nitrogen and oxygen atoms in total. The van der Waals surface area contributed by atoms with Crippen molar-refractivity contribution in [2.24, 2.45) is 5.41 Å². The molecule has 1 heterocycles. The second-order valence-corrected chi connectivity index (χ2v) is 4.91. The number of hydrogen-bond donors (Lipinski definition) is 1. The highest BCUT2D eigenvalue weighted by molar-refractivity contribution is 4.88. The van der Waals surface area contributed by atoms with Crippen molar-refractivity contribution in [3.05, 3.63) is 18.2 Å². The number of aromatic nitrogens is 2. The molecule has 0 fully saturated rings. The summed E-state index contributed by atoms with van der Waals surface area (Å²) in [6.45, 7) is 11.8. The van der Waals surface area contributed by atoms with Crippen LogP contribution in [0.15, 0.2) is 12.4 Å².